The SMILES string of the molecule is CCCCCCS(=O)(=O)Nc1ccc(O)cc1. The minimum Gasteiger partial charge on any atom is -0.508 e. The first-order valence-electron chi connectivity index (χ1n) is 5.83. The van der Waals surface area contributed by atoms with Crippen molar-refractivity contribution in [2.45, 2.75) is 32.6 Å². The van der Waals surface area contributed by atoms with Crippen molar-refractivity contribution in [3.8, 4) is 5.75 Å². The van der Waals surface area contributed by atoms with Gasteiger partial charge in [0.1, 0.15) is 5.75 Å². The summed E-state index contributed by atoms with van der Waals surface area (Å²) >= 11 is 0. The van der Waals surface area contributed by atoms with Crippen molar-refractivity contribution in [2.24, 2.45) is 0 Å². The summed E-state index contributed by atoms with van der Waals surface area (Å²) in [6.45, 7) is 2.09. The van der Waals surface area contributed by atoms with E-state index in [1.807, 2.05) is 0 Å². The molecule has 2 N–H and O–H groups in total. The molecule has 0 radical (unpaired) electrons. The van der Waals surface area contributed by atoms with Crippen LogP contribution in [0.25, 0.3) is 0 Å². The Labute approximate surface area is 103 Å². The maximum absolute atomic E-state index is 11.7. The summed E-state index contributed by atoms with van der Waals surface area (Å²) in [7, 11) is -3.26. The van der Waals surface area contributed by atoms with Gasteiger partial charge in [0.25, 0.3) is 0 Å². The summed E-state index contributed by atoms with van der Waals surface area (Å²) in [6, 6.07) is 5.99. The second-order valence-electron chi connectivity index (χ2n) is 4.03. The Morgan fingerprint density at radius 1 is 1.12 bits per heavy atom. The Morgan fingerprint density at radius 3 is 2.35 bits per heavy atom. The van der Waals surface area contributed by atoms with Gasteiger partial charge in [-0.2, -0.15) is 0 Å². The molecule has 5 heteroatoms. The van der Waals surface area contributed by atoms with Crippen molar-refractivity contribution < 1.29 is 13.5 Å². The van der Waals surface area contributed by atoms with E-state index in [0.29, 0.717) is 12.1 Å². The number of sulfonamides is 1. The minimum absolute atomic E-state index is 0.121. The molecular formula is C12H19NO3S. The van der Waals surface area contributed by atoms with Gasteiger partial charge < -0.3 is 5.11 Å². The number of anilines is 1. The van der Waals surface area contributed by atoms with Gasteiger partial charge in [0.15, 0.2) is 0 Å². The maximum Gasteiger partial charge on any atom is 0.232 e. The van der Waals surface area contributed by atoms with Crippen LogP contribution in [0.2, 0.25) is 0 Å². The Balaban J connectivity index is 2.46. The number of hydrogen-bond acceptors (Lipinski definition) is 3. The van der Waals surface area contributed by atoms with Crippen molar-refractivity contribution in [3.63, 3.8) is 0 Å². The second-order valence-corrected chi connectivity index (χ2v) is 5.87. The van der Waals surface area contributed by atoms with Gasteiger partial charge in [-0.15, -0.1) is 0 Å². The predicted octanol–water partition coefficient (Wildman–Crippen LogP) is 2.71. The van der Waals surface area contributed by atoms with Gasteiger partial charge in [0, 0.05) is 5.69 Å². The molecule has 1 aromatic rings. The van der Waals surface area contributed by atoms with Gasteiger partial charge in [-0.3, -0.25) is 4.72 Å². The molecule has 0 aliphatic heterocycles. The molecule has 1 rings (SSSR count). The van der Waals surface area contributed by atoms with E-state index in [1.165, 1.54) is 12.1 Å². The average Bonchev–Trinajstić information content (AvgIpc) is 2.27. The first kappa shape index (κ1) is 13.8. The van der Waals surface area contributed by atoms with E-state index in [1.54, 1.807) is 12.1 Å². The molecule has 0 saturated heterocycles. The van der Waals surface area contributed by atoms with Gasteiger partial charge in [-0.1, -0.05) is 26.2 Å². The number of hydrogen-bond donors (Lipinski definition) is 2. The number of phenols is 1. The van der Waals surface area contributed by atoms with E-state index < -0.39 is 10.0 Å². The van der Waals surface area contributed by atoms with Crippen LogP contribution in [-0.4, -0.2) is 19.3 Å². The molecule has 0 aliphatic rings. The van der Waals surface area contributed by atoms with E-state index in [0.717, 1.165) is 19.3 Å². The molecule has 96 valence electrons. The highest BCUT2D eigenvalue weighted by atomic mass is 32.2. The van der Waals surface area contributed by atoms with Crippen LogP contribution >= 0.6 is 0 Å². The highest BCUT2D eigenvalue weighted by Gasteiger charge is 2.09. The maximum atomic E-state index is 11.7. The van der Waals surface area contributed by atoms with Crippen molar-refractivity contribution in [3.05, 3.63) is 24.3 Å². The van der Waals surface area contributed by atoms with Crippen LogP contribution in [0.15, 0.2) is 24.3 Å². The number of unbranched alkanes of at least 4 members (excludes halogenated alkanes) is 3. The molecule has 0 spiro atoms. The molecule has 17 heavy (non-hydrogen) atoms. The van der Waals surface area contributed by atoms with E-state index >= 15 is 0 Å². The van der Waals surface area contributed by atoms with E-state index in [4.69, 9.17) is 5.11 Å². The van der Waals surface area contributed by atoms with Crippen LogP contribution in [0, 0.1) is 0 Å². The zero-order valence-corrected chi connectivity index (χ0v) is 10.8. The first-order valence-corrected chi connectivity index (χ1v) is 7.48. The van der Waals surface area contributed by atoms with Crippen LogP contribution in [0.4, 0.5) is 5.69 Å². The molecule has 0 fully saturated rings. The van der Waals surface area contributed by atoms with Crippen LogP contribution in [-0.2, 0) is 10.0 Å². The van der Waals surface area contributed by atoms with Gasteiger partial charge in [-0.05, 0) is 30.7 Å². The molecule has 4 nitrogen and oxygen atoms in total. The lowest BCUT2D eigenvalue weighted by Gasteiger charge is -2.07. The van der Waals surface area contributed by atoms with E-state index in [-0.39, 0.29) is 11.5 Å². The second kappa shape index (κ2) is 6.49. The minimum atomic E-state index is -3.26. The third kappa shape index (κ3) is 5.58. The van der Waals surface area contributed by atoms with Gasteiger partial charge >= 0.3 is 0 Å². The quantitative estimate of drug-likeness (QED) is 0.583. The molecule has 0 atom stereocenters. The molecular weight excluding hydrogens is 238 g/mol. The molecule has 0 heterocycles. The van der Waals surface area contributed by atoms with Crippen LogP contribution in [0.1, 0.15) is 32.6 Å². The summed E-state index contributed by atoms with van der Waals surface area (Å²) in [6.07, 6.45) is 3.77. The Bertz CT molecular complexity index is 426. The third-order valence-corrected chi connectivity index (χ3v) is 3.78. The van der Waals surface area contributed by atoms with Crippen molar-refractivity contribution in [1.82, 2.24) is 0 Å². The fraction of sp³-hybridized carbons (Fsp3) is 0.500. The first-order chi connectivity index (χ1) is 8.03. The standard InChI is InChI=1S/C12H19NO3S/c1-2-3-4-5-10-17(15,16)13-11-6-8-12(14)9-7-11/h6-9,13-14H,2-5,10H2,1H3. The highest BCUT2D eigenvalue weighted by molar-refractivity contribution is 7.92. The van der Waals surface area contributed by atoms with Crippen molar-refractivity contribution >= 4 is 15.7 Å². The number of benzene rings is 1. The Kier molecular flexibility index (Phi) is 5.28. The van der Waals surface area contributed by atoms with E-state index in [9.17, 15) is 8.42 Å². The fourth-order valence-corrected chi connectivity index (χ4v) is 2.66. The Hall–Kier alpha value is -1.23. The summed E-state index contributed by atoms with van der Waals surface area (Å²) in [4.78, 5) is 0. The highest BCUT2D eigenvalue weighted by Crippen LogP contribution is 2.15. The predicted molar refractivity (Wildman–Crippen MR) is 69.7 cm³/mol. The lowest BCUT2D eigenvalue weighted by molar-refractivity contribution is 0.475. The molecule has 0 unspecified atom stereocenters. The number of rotatable bonds is 7. The number of aromatic hydroxyl groups is 1. The average molecular weight is 257 g/mol. The summed E-state index contributed by atoms with van der Waals surface area (Å²) in [5, 5.41) is 9.08. The molecule has 1 aromatic carbocycles. The molecule has 0 saturated carbocycles. The monoisotopic (exact) mass is 257 g/mol. The van der Waals surface area contributed by atoms with Crippen LogP contribution in [0.3, 0.4) is 0 Å². The summed E-state index contributed by atoms with van der Waals surface area (Å²) < 4.78 is 25.8. The number of nitrogens with one attached hydrogen (secondary N) is 1. The third-order valence-electron chi connectivity index (χ3n) is 2.41. The molecule has 0 aromatic heterocycles. The molecule has 0 aliphatic carbocycles. The molecule has 0 bridgehead atoms. The number of phenolic OH excluding ortho intramolecular Hbond substituents is 1. The van der Waals surface area contributed by atoms with Crippen LogP contribution in [0.5, 0.6) is 5.75 Å². The van der Waals surface area contributed by atoms with E-state index in [2.05, 4.69) is 11.6 Å². The lowest BCUT2D eigenvalue weighted by Crippen LogP contribution is -2.16. The Morgan fingerprint density at radius 2 is 1.76 bits per heavy atom. The summed E-state index contributed by atoms with van der Waals surface area (Å²) in [5.41, 5.74) is 0.485. The summed E-state index contributed by atoms with van der Waals surface area (Å²) in [5.74, 6) is 0.268. The zero-order chi connectivity index (χ0) is 12.7. The molecule has 0 amide bonds. The van der Waals surface area contributed by atoms with Gasteiger partial charge in [0.2, 0.25) is 10.0 Å². The van der Waals surface area contributed by atoms with Gasteiger partial charge in [0.05, 0.1) is 5.75 Å². The fourth-order valence-electron chi connectivity index (χ4n) is 1.48. The van der Waals surface area contributed by atoms with Crippen molar-refractivity contribution in [1.29, 1.82) is 0 Å². The largest absolute Gasteiger partial charge is 0.508 e. The van der Waals surface area contributed by atoms with Crippen LogP contribution < -0.4 is 4.72 Å². The topological polar surface area (TPSA) is 66.4 Å². The smallest absolute Gasteiger partial charge is 0.232 e. The lowest BCUT2D eigenvalue weighted by atomic mass is 10.2. The van der Waals surface area contributed by atoms with Crippen molar-refractivity contribution in [2.75, 3.05) is 10.5 Å². The van der Waals surface area contributed by atoms with Gasteiger partial charge in [-0.25, -0.2) is 8.42 Å². The zero-order valence-electron chi connectivity index (χ0n) is 10.0. The normalized spacial score (nSPS) is 11.4.